The number of carbonyl (C=O) groups excluding carboxylic acids is 2. The van der Waals surface area contributed by atoms with Gasteiger partial charge in [0.25, 0.3) is 0 Å². The Bertz CT molecular complexity index is 720. The fraction of sp³-hybridized carbons (Fsp3) is 0.412. The van der Waals surface area contributed by atoms with Crippen molar-refractivity contribution in [2.24, 2.45) is 0 Å². The number of hydrogen-bond acceptors (Lipinski definition) is 6. The predicted octanol–water partition coefficient (Wildman–Crippen LogP) is 2.05. The maximum atomic E-state index is 12.0. The fourth-order valence-corrected chi connectivity index (χ4v) is 2.11. The smallest absolute Gasteiger partial charge is 0.330 e. The zero-order valence-electron chi connectivity index (χ0n) is 14.3. The Hall–Kier alpha value is -2.70. The van der Waals surface area contributed by atoms with Gasteiger partial charge in [0, 0.05) is 18.4 Å². The maximum absolute atomic E-state index is 12.0. The normalized spacial score (nSPS) is 11.2. The highest BCUT2D eigenvalue weighted by molar-refractivity contribution is 5.87. The Balaban J connectivity index is 1.92. The number of rotatable bonds is 6. The van der Waals surface area contributed by atoms with Gasteiger partial charge in [-0.2, -0.15) is 4.98 Å². The van der Waals surface area contributed by atoms with Crippen LogP contribution in [-0.4, -0.2) is 34.7 Å². The van der Waals surface area contributed by atoms with Gasteiger partial charge in [-0.3, -0.25) is 4.79 Å². The van der Waals surface area contributed by atoms with Crippen LogP contribution in [0.5, 0.6) is 0 Å². The minimum atomic E-state index is -1.08. The summed E-state index contributed by atoms with van der Waals surface area (Å²) in [6.45, 7) is 5.16. The number of aromatic nitrogens is 2. The van der Waals surface area contributed by atoms with Crippen LogP contribution in [0.1, 0.15) is 31.7 Å². The van der Waals surface area contributed by atoms with Crippen molar-refractivity contribution in [2.45, 2.75) is 39.2 Å². The molecule has 0 atom stereocenters. The number of aryl methyl sites for hydroxylation is 2. The van der Waals surface area contributed by atoms with E-state index in [0.717, 1.165) is 11.1 Å². The van der Waals surface area contributed by atoms with E-state index in [4.69, 9.17) is 4.52 Å². The average molecular weight is 331 g/mol. The van der Waals surface area contributed by atoms with Crippen molar-refractivity contribution in [1.82, 2.24) is 15.5 Å². The second-order valence-electron chi connectivity index (χ2n) is 6.04. The van der Waals surface area contributed by atoms with Gasteiger partial charge < -0.3 is 14.6 Å². The molecular weight excluding hydrogens is 310 g/mol. The molecule has 128 valence electrons. The third-order valence-electron chi connectivity index (χ3n) is 3.49. The molecule has 0 bridgehead atoms. The molecule has 0 aliphatic rings. The van der Waals surface area contributed by atoms with Gasteiger partial charge in [-0.25, -0.2) is 4.79 Å². The van der Waals surface area contributed by atoms with E-state index in [1.54, 1.807) is 13.8 Å². The topological polar surface area (TPSA) is 94.3 Å². The van der Waals surface area contributed by atoms with Gasteiger partial charge in [-0.1, -0.05) is 35.0 Å². The summed E-state index contributed by atoms with van der Waals surface area (Å²) in [5, 5.41) is 6.54. The first-order valence-corrected chi connectivity index (χ1v) is 7.61. The molecule has 0 unspecified atom stereocenters. The lowest BCUT2D eigenvalue weighted by molar-refractivity contribution is -0.149. The number of nitrogens with one attached hydrogen (secondary N) is 1. The van der Waals surface area contributed by atoms with Crippen LogP contribution in [0.3, 0.4) is 0 Å². The Morgan fingerprint density at radius 2 is 1.92 bits per heavy atom. The van der Waals surface area contributed by atoms with E-state index in [9.17, 15) is 9.59 Å². The van der Waals surface area contributed by atoms with Crippen molar-refractivity contribution in [3.05, 3.63) is 35.7 Å². The predicted molar refractivity (Wildman–Crippen MR) is 87.0 cm³/mol. The Labute approximate surface area is 140 Å². The van der Waals surface area contributed by atoms with E-state index >= 15 is 0 Å². The van der Waals surface area contributed by atoms with Crippen LogP contribution in [-0.2, 0) is 20.7 Å². The molecule has 0 radical (unpaired) electrons. The van der Waals surface area contributed by atoms with E-state index in [2.05, 4.69) is 20.2 Å². The molecule has 7 heteroatoms. The third kappa shape index (κ3) is 4.41. The number of esters is 1. The van der Waals surface area contributed by atoms with Gasteiger partial charge in [0.2, 0.25) is 17.6 Å². The summed E-state index contributed by atoms with van der Waals surface area (Å²) in [6, 6.07) is 7.76. The van der Waals surface area contributed by atoms with Crippen molar-refractivity contribution < 1.29 is 18.8 Å². The minimum Gasteiger partial charge on any atom is -0.467 e. The zero-order chi connectivity index (χ0) is 17.7. The molecule has 0 saturated carbocycles. The van der Waals surface area contributed by atoms with Crippen LogP contribution in [0, 0.1) is 6.92 Å². The van der Waals surface area contributed by atoms with Crippen molar-refractivity contribution in [1.29, 1.82) is 0 Å². The number of methoxy groups -OCH3 is 1. The molecule has 0 aliphatic carbocycles. The third-order valence-corrected chi connectivity index (χ3v) is 3.49. The van der Waals surface area contributed by atoms with Crippen molar-refractivity contribution in [3.8, 4) is 11.4 Å². The van der Waals surface area contributed by atoms with Gasteiger partial charge in [0.05, 0.1) is 7.11 Å². The SMILES string of the molecule is COC(=O)C(C)(C)NC(=O)CCc1nc(-c2ccc(C)cc2)no1. The van der Waals surface area contributed by atoms with Gasteiger partial charge in [-0.15, -0.1) is 0 Å². The second-order valence-corrected chi connectivity index (χ2v) is 6.04. The van der Waals surface area contributed by atoms with Crippen LogP contribution >= 0.6 is 0 Å². The van der Waals surface area contributed by atoms with Crippen LogP contribution in [0.25, 0.3) is 11.4 Å². The molecule has 1 aromatic carbocycles. The monoisotopic (exact) mass is 331 g/mol. The Morgan fingerprint density at radius 3 is 2.54 bits per heavy atom. The van der Waals surface area contributed by atoms with E-state index in [-0.39, 0.29) is 12.3 Å². The number of hydrogen-bond donors (Lipinski definition) is 1. The summed E-state index contributed by atoms with van der Waals surface area (Å²) in [6.07, 6.45) is 0.428. The molecule has 7 nitrogen and oxygen atoms in total. The molecule has 0 aliphatic heterocycles. The highest BCUT2D eigenvalue weighted by Crippen LogP contribution is 2.17. The number of carbonyl (C=O) groups is 2. The maximum Gasteiger partial charge on any atom is 0.330 e. The average Bonchev–Trinajstić information content (AvgIpc) is 3.01. The fourth-order valence-electron chi connectivity index (χ4n) is 2.11. The number of nitrogens with zero attached hydrogens (tertiary/aromatic N) is 2. The van der Waals surface area contributed by atoms with Crippen LogP contribution in [0.4, 0.5) is 0 Å². The quantitative estimate of drug-likeness (QED) is 0.814. The number of amides is 1. The van der Waals surface area contributed by atoms with Crippen LogP contribution in [0.2, 0.25) is 0 Å². The number of ether oxygens (including phenoxy) is 1. The lowest BCUT2D eigenvalue weighted by Crippen LogP contribution is -2.50. The molecule has 0 fully saturated rings. The molecular formula is C17H21N3O4. The van der Waals surface area contributed by atoms with Gasteiger partial charge in [-0.05, 0) is 20.8 Å². The highest BCUT2D eigenvalue weighted by Gasteiger charge is 2.30. The molecule has 1 N–H and O–H groups in total. The largest absolute Gasteiger partial charge is 0.467 e. The Morgan fingerprint density at radius 1 is 1.25 bits per heavy atom. The molecule has 2 rings (SSSR count). The van der Waals surface area contributed by atoms with Gasteiger partial charge in [0.15, 0.2) is 0 Å². The summed E-state index contributed by atoms with van der Waals surface area (Å²) in [7, 11) is 1.28. The molecule has 2 aromatic rings. The minimum absolute atomic E-state index is 0.135. The summed E-state index contributed by atoms with van der Waals surface area (Å²) in [5.41, 5.74) is 0.924. The molecule has 24 heavy (non-hydrogen) atoms. The lowest BCUT2D eigenvalue weighted by atomic mass is 10.1. The standard InChI is InChI=1S/C17H21N3O4/c1-11-5-7-12(8-6-11)15-18-14(24-20-15)10-9-13(21)19-17(2,3)16(22)23-4/h5-8H,9-10H2,1-4H3,(H,19,21). The first kappa shape index (κ1) is 17.7. The second kappa shape index (κ2) is 7.25. The van der Waals surface area contributed by atoms with Crippen LogP contribution < -0.4 is 5.32 Å². The van der Waals surface area contributed by atoms with E-state index in [0.29, 0.717) is 18.1 Å². The number of benzene rings is 1. The zero-order valence-corrected chi connectivity index (χ0v) is 14.3. The van der Waals surface area contributed by atoms with Crippen molar-refractivity contribution in [2.75, 3.05) is 7.11 Å². The summed E-state index contributed by atoms with van der Waals surface area (Å²) < 4.78 is 9.81. The van der Waals surface area contributed by atoms with Crippen LogP contribution in [0.15, 0.2) is 28.8 Å². The van der Waals surface area contributed by atoms with Gasteiger partial charge in [0.1, 0.15) is 5.54 Å². The van der Waals surface area contributed by atoms with Crippen molar-refractivity contribution >= 4 is 11.9 Å². The molecule has 0 saturated heterocycles. The highest BCUT2D eigenvalue weighted by atomic mass is 16.5. The summed E-state index contributed by atoms with van der Waals surface area (Å²) in [5.74, 6) is 0.0627. The lowest BCUT2D eigenvalue weighted by Gasteiger charge is -2.22. The van der Waals surface area contributed by atoms with E-state index < -0.39 is 11.5 Å². The first-order chi connectivity index (χ1) is 11.3. The molecule has 1 amide bonds. The first-order valence-electron chi connectivity index (χ1n) is 7.61. The molecule has 0 spiro atoms. The summed E-state index contributed by atoms with van der Waals surface area (Å²) >= 11 is 0. The van der Waals surface area contributed by atoms with Gasteiger partial charge >= 0.3 is 5.97 Å². The molecule has 1 aromatic heterocycles. The van der Waals surface area contributed by atoms with E-state index in [1.165, 1.54) is 7.11 Å². The summed E-state index contributed by atoms with van der Waals surface area (Å²) in [4.78, 5) is 27.8. The molecule has 1 heterocycles. The van der Waals surface area contributed by atoms with E-state index in [1.807, 2.05) is 31.2 Å². The Kier molecular flexibility index (Phi) is 5.33. The van der Waals surface area contributed by atoms with Crippen molar-refractivity contribution in [3.63, 3.8) is 0 Å².